The summed E-state index contributed by atoms with van der Waals surface area (Å²) < 4.78 is 2.15. The Bertz CT molecular complexity index is 357. The summed E-state index contributed by atoms with van der Waals surface area (Å²) in [5.74, 6) is 0.123. The molecule has 0 radical (unpaired) electrons. The van der Waals surface area contributed by atoms with Gasteiger partial charge in [0.2, 0.25) is 0 Å². The molecule has 0 aliphatic heterocycles. The number of hydrogen-bond donors (Lipinski definition) is 3. The molecule has 1 aromatic rings. The Kier molecular flexibility index (Phi) is 4.39. The van der Waals surface area contributed by atoms with Crippen LogP contribution in [-0.2, 0) is 0 Å². The minimum Gasteiger partial charge on any atom is -0.506 e. The summed E-state index contributed by atoms with van der Waals surface area (Å²) in [5.41, 5.74) is 11.8. The number of rotatable bonds is 2. The number of aromatic hydroxyl groups is 1. The van der Waals surface area contributed by atoms with Crippen molar-refractivity contribution in [2.75, 3.05) is 6.54 Å². The van der Waals surface area contributed by atoms with E-state index in [4.69, 9.17) is 11.5 Å². The molecule has 0 amide bonds. The minimum absolute atomic E-state index is 0.123. The molecule has 0 aromatic heterocycles. The molecule has 78 valence electrons. The molecule has 1 atom stereocenters. The third-order valence-electron chi connectivity index (χ3n) is 1.82. The summed E-state index contributed by atoms with van der Waals surface area (Å²) >= 11 is 9.91. The van der Waals surface area contributed by atoms with E-state index in [0.29, 0.717) is 10.0 Å². The number of phenolic OH excluding ortho intramolecular Hbond substituents is 1. The first-order valence-corrected chi connectivity index (χ1v) is 6.19. The summed E-state index contributed by atoms with van der Waals surface area (Å²) in [6.45, 7) is 0.286. The SMILES string of the molecule is NC[C@H](N)c1cc(Br)c(Br)c(Br)c1O. The molecule has 0 heterocycles. The molecule has 6 heteroatoms. The van der Waals surface area contributed by atoms with Gasteiger partial charge >= 0.3 is 0 Å². The largest absolute Gasteiger partial charge is 0.506 e. The van der Waals surface area contributed by atoms with Crippen LogP contribution in [0.3, 0.4) is 0 Å². The zero-order valence-corrected chi connectivity index (χ0v) is 11.9. The van der Waals surface area contributed by atoms with E-state index in [1.54, 1.807) is 6.07 Å². The minimum atomic E-state index is -0.365. The normalized spacial score (nSPS) is 12.9. The number of halogens is 3. The van der Waals surface area contributed by atoms with E-state index in [-0.39, 0.29) is 18.3 Å². The Morgan fingerprint density at radius 1 is 1.29 bits per heavy atom. The van der Waals surface area contributed by atoms with Crippen molar-refractivity contribution in [1.29, 1.82) is 0 Å². The van der Waals surface area contributed by atoms with Crippen LogP contribution in [0, 0.1) is 0 Å². The number of phenols is 1. The van der Waals surface area contributed by atoms with Crippen LogP contribution in [0.5, 0.6) is 5.75 Å². The standard InChI is InChI=1S/C8H9Br3N2O/c9-4-1-3(5(13)2-12)8(14)7(11)6(4)10/h1,5,14H,2,12-13H2/t5-/m0/s1. The summed E-state index contributed by atoms with van der Waals surface area (Å²) in [4.78, 5) is 0. The molecule has 0 aliphatic rings. The lowest BCUT2D eigenvalue weighted by Crippen LogP contribution is -2.20. The summed E-state index contributed by atoms with van der Waals surface area (Å²) in [6.07, 6.45) is 0. The van der Waals surface area contributed by atoms with Crippen LogP contribution < -0.4 is 11.5 Å². The second-order valence-corrected chi connectivity index (χ2v) is 5.21. The Hall–Kier alpha value is 0.380. The average molecular weight is 389 g/mol. The highest BCUT2D eigenvalue weighted by Crippen LogP contribution is 2.41. The van der Waals surface area contributed by atoms with Crippen molar-refractivity contribution in [3.8, 4) is 5.75 Å². The average Bonchev–Trinajstić information content (AvgIpc) is 2.19. The van der Waals surface area contributed by atoms with Crippen LogP contribution in [-0.4, -0.2) is 11.7 Å². The summed E-state index contributed by atoms with van der Waals surface area (Å²) in [6, 6.07) is 1.39. The molecule has 0 fully saturated rings. The molecule has 0 aliphatic carbocycles. The molecule has 1 rings (SSSR count). The van der Waals surface area contributed by atoms with Gasteiger partial charge in [0.15, 0.2) is 0 Å². The molecular formula is C8H9Br3N2O. The molecule has 0 saturated heterocycles. The van der Waals surface area contributed by atoms with Crippen LogP contribution in [0.15, 0.2) is 19.5 Å². The first-order chi connectivity index (χ1) is 6.49. The highest BCUT2D eigenvalue weighted by atomic mass is 79.9. The smallest absolute Gasteiger partial charge is 0.135 e. The molecule has 0 spiro atoms. The van der Waals surface area contributed by atoms with Crippen LogP contribution >= 0.6 is 47.8 Å². The second-order valence-electron chi connectivity index (χ2n) is 2.77. The highest BCUT2D eigenvalue weighted by molar-refractivity contribution is 9.14. The first kappa shape index (κ1) is 12.4. The Morgan fingerprint density at radius 3 is 2.36 bits per heavy atom. The van der Waals surface area contributed by atoms with Gasteiger partial charge in [-0.1, -0.05) is 0 Å². The van der Waals surface area contributed by atoms with Crippen molar-refractivity contribution < 1.29 is 5.11 Å². The van der Waals surface area contributed by atoms with Gasteiger partial charge in [0.1, 0.15) is 5.75 Å². The zero-order chi connectivity index (χ0) is 10.9. The van der Waals surface area contributed by atoms with E-state index in [1.165, 1.54) is 0 Å². The van der Waals surface area contributed by atoms with Crippen molar-refractivity contribution in [1.82, 2.24) is 0 Å². The summed E-state index contributed by atoms with van der Waals surface area (Å²) in [5, 5.41) is 9.77. The quantitative estimate of drug-likeness (QED) is 0.682. The van der Waals surface area contributed by atoms with Crippen molar-refractivity contribution in [3.05, 3.63) is 25.0 Å². The van der Waals surface area contributed by atoms with E-state index in [1.807, 2.05) is 0 Å². The van der Waals surface area contributed by atoms with Gasteiger partial charge in [-0.05, 0) is 53.9 Å². The van der Waals surface area contributed by atoms with Gasteiger partial charge in [0, 0.05) is 27.1 Å². The molecule has 0 saturated carbocycles. The molecule has 0 unspecified atom stereocenters. The molecule has 3 nitrogen and oxygen atoms in total. The Balaban J connectivity index is 3.33. The Morgan fingerprint density at radius 2 is 1.86 bits per heavy atom. The molecule has 5 N–H and O–H groups in total. The summed E-state index contributed by atoms with van der Waals surface area (Å²) in [7, 11) is 0. The van der Waals surface area contributed by atoms with Crippen LogP contribution in [0.2, 0.25) is 0 Å². The number of benzene rings is 1. The fourth-order valence-electron chi connectivity index (χ4n) is 1.01. The fourth-order valence-corrected chi connectivity index (χ4v) is 2.47. The lowest BCUT2D eigenvalue weighted by molar-refractivity contribution is 0.458. The molecule has 1 aromatic carbocycles. The molecule has 14 heavy (non-hydrogen) atoms. The van der Waals surface area contributed by atoms with Crippen molar-refractivity contribution in [2.45, 2.75) is 6.04 Å². The molecule has 0 bridgehead atoms. The van der Waals surface area contributed by atoms with E-state index in [9.17, 15) is 5.11 Å². The third-order valence-corrected chi connectivity index (χ3v) is 5.10. The topological polar surface area (TPSA) is 72.3 Å². The van der Waals surface area contributed by atoms with E-state index < -0.39 is 0 Å². The number of hydrogen-bond acceptors (Lipinski definition) is 3. The zero-order valence-electron chi connectivity index (χ0n) is 7.10. The first-order valence-electron chi connectivity index (χ1n) is 3.81. The van der Waals surface area contributed by atoms with Gasteiger partial charge in [-0.25, -0.2) is 0 Å². The van der Waals surface area contributed by atoms with Gasteiger partial charge in [-0.3, -0.25) is 0 Å². The maximum absolute atomic E-state index is 9.77. The van der Waals surface area contributed by atoms with Gasteiger partial charge in [-0.15, -0.1) is 0 Å². The number of nitrogens with two attached hydrogens (primary N) is 2. The fraction of sp³-hybridized carbons (Fsp3) is 0.250. The lowest BCUT2D eigenvalue weighted by atomic mass is 10.1. The predicted octanol–water partition coefficient (Wildman–Crippen LogP) is 2.64. The van der Waals surface area contributed by atoms with E-state index in [0.717, 1.165) is 8.95 Å². The van der Waals surface area contributed by atoms with Gasteiger partial charge in [0.05, 0.1) is 4.47 Å². The lowest BCUT2D eigenvalue weighted by Gasteiger charge is -2.14. The van der Waals surface area contributed by atoms with E-state index in [2.05, 4.69) is 47.8 Å². The van der Waals surface area contributed by atoms with Crippen molar-refractivity contribution in [3.63, 3.8) is 0 Å². The van der Waals surface area contributed by atoms with Crippen LogP contribution in [0.1, 0.15) is 11.6 Å². The van der Waals surface area contributed by atoms with Gasteiger partial charge in [-0.2, -0.15) is 0 Å². The van der Waals surface area contributed by atoms with Crippen molar-refractivity contribution in [2.24, 2.45) is 11.5 Å². The monoisotopic (exact) mass is 386 g/mol. The van der Waals surface area contributed by atoms with E-state index >= 15 is 0 Å². The third kappa shape index (κ3) is 2.30. The van der Waals surface area contributed by atoms with Gasteiger partial charge in [0.25, 0.3) is 0 Å². The second kappa shape index (κ2) is 4.94. The maximum atomic E-state index is 9.77. The Labute approximate surface area is 107 Å². The highest BCUT2D eigenvalue weighted by Gasteiger charge is 2.16. The maximum Gasteiger partial charge on any atom is 0.135 e. The van der Waals surface area contributed by atoms with Crippen LogP contribution in [0.25, 0.3) is 0 Å². The molecular weight excluding hydrogens is 380 g/mol. The van der Waals surface area contributed by atoms with Gasteiger partial charge < -0.3 is 16.6 Å². The predicted molar refractivity (Wildman–Crippen MR) is 67.2 cm³/mol. The van der Waals surface area contributed by atoms with Crippen molar-refractivity contribution >= 4 is 47.8 Å². The van der Waals surface area contributed by atoms with Crippen LogP contribution in [0.4, 0.5) is 0 Å².